The van der Waals surface area contributed by atoms with Crippen molar-refractivity contribution >= 4 is 44.7 Å². The zero-order chi connectivity index (χ0) is 33.7. The quantitative estimate of drug-likeness (QED) is 0.150. The molecule has 0 amide bonds. The molecule has 1 aliphatic carbocycles. The number of nitrogens with zero attached hydrogens (tertiary/aromatic N) is 6. The molecule has 1 unspecified atom stereocenters. The average Bonchev–Trinajstić information content (AvgIpc) is 3.69. The minimum absolute atomic E-state index is 0.113. The first-order chi connectivity index (χ1) is 22.3. The Kier molecular flexibility index (Phi) is 8.34. The Morgan fingerprint density at radius 3 is 2.53 bits per heavy atom. The van der Waals surface area contributed by atoms with Crippen LogP contribution in [0.2, 0.25) is 5.02 Å². The van der Waals surface area contributed by atoms with Gasteiger partial charge < -0.3 is 15.2 Å². The van der Waals surface area contributed by atoms with Gasteiger partial charge in [0, 0.05) is 35.4 Å². The smallest absolute Gasteiger partial charge is 0.263 e. The van der Waals surface area contributed by atoms with E-state index in [-0.39, 0.29) is 34.4 Å². The van der Waals surface area contributed by atoms with E-state index in [1.54, 1.807) is 36.4 Å². The lowest BCUT2D eigenvalue weighted by Gasteiger charge is -2.23. The lowest BCUT2D eigenvalue weighted by molar-refractivity contribution is 0.0593. The summed E-state index contributed by atoms with van der Waals surface area (Å²) in [6.45, 7) is 5.95. The monoisotopic (exact) mass is 666 g/mol. The maximum Gasteiger partial charge on any atom is 0.263 e. The summed E-state index contributed by atoms with van der Waals surface area (Å²) >= 11 is 6.74. The van der Waals surface area contributed by atoms with Crippen molar-refractivity contribution in [3.05, 3.63) is 87.2 Å². The zero-order valence-electron chi connectivity index (χ0n) is 25.7. The minimum atomic E-state index is -2.72. The van der Waals surface area contributed by atoms with Crippen LogP contribution in [-0.4, -0.2) is 43.9 Å². The number of anilines is 2. The normalized spacial score (nSPS) is 14.9. The Morgan fingerprint density at radius 2 is 1.87 bits per heavy atom. The van der Waals surface area contributed by atoms with Crippen LogP contribution < -0.4 is 16.2 Å². The summed E-state index contributed by atoms with van der Waals surface area (Å²) in [6.07, 6.45) is -0.638. The van der Waals surface area contributed by atoms with Crippen LogP contribution in [-0.2, 0) is 12.1 Å². The third kappa shape index (κ3) is 6.22. The topological polar surface area (TPSA) is 113 Å². The zero-order valence-corrected chi connectivity index (χ0v) is 26.5. The molecule has 244 valence electrons. The lowest BCUT2D eigenvalue weighted by atomic mass is 9.96. The van der Waals surface area contributed by atoms with Gasteiger partial charge in [-0.25, -0.2) is 22.2 Å². The molecule has 0 aliphatic heterocycles. The highest BCUT2D eigenvalue weighted by atomic mass is 35.5. The van der Waals surface area contributed by atoms with E-state index in [2.05, 4.69) is 52.8 Å². The molecule has 2 N–H and O–H groups in total. The Morgan fingerprint density at radius 1 is 1.11 bits per heavy atom. The molecule has 14 heteroatoms. The van der Waals surface area contributed by atoms with Gasteiger partial charge in [-0.3, -0.25) is 9.78 Å². The van der Waals surface area contributed by atoms with Crippen LogP contribution in [0, 0.1) is 16.7 Å². The highest BCUT2D eigenvalue weighted by Crippen LogP contribution is 2.48. The maximum atomic E-state index is 14.0. The van der Waals surface area contributed by atoms with Crippen molar-refractivity contribution in [3.8, 4) is 6.07 Å². The number of fused-ring (bicyclic) bond motifs is 2. The first kappa shape index (κ1) is 32.2. The van der Waals surface area contributed by atoms with Gasteiger partial charge in [0.05, 0.1) is 40.6 Å². The summed E-state index contributed by atoms with van der Waals surface area (Å²) in [5.41, 5.74) is 0.498. The molecule has 5 aromatic rings. The molecule has 3 heterocycles. The van der Waals surface area contributed by atoms with Gasteiger partial charge in [0.25, 0.3) is 18.4 Å². The molecule has 1 atom stereocenters. The average molecular weight is 667 g/mol. The van der Waals surface area contributed by atoms with E-state index in [0.717, 1.165) is 4.57 Å². The molecule has 0 radical (unpaired) electrons. The van der Waals surface area contributed by atoms with Gasteiger partial charge in [-0.05, 0) is 53.5 Å². The summed E-state index contributed by atoms with van der Waals surface area (Å²) in [5, 5.41) is 26.5. The molecule has 2 aromatic carbocycles. The largest absolute Gasteiger partial charge is 0.383 e. The molecule has 1 fully saturated rings. The van der Waals surface area contributed by atoms with Gasteiger partial charge >= 0.3 is 0 Å². The molecule has 1 saturated carbocycles. The number of halogens is 5. The fraction of sp³-hybridized carbons (Fsp3) is 0.364. The number of aromatic nitrogens is 5. The van der Waals surface area contributed by atoms with Crippen LogP contribution in [0.3, 0.4) is 0 Å². The van der Waals surface area contributed by atoms with Crippen molar-refractivity contribution in [2.75, 3.05) is 17.2 Å². The van der Waals surface area contributed by atoms with Crippen LogP contribution >= 0.6 is 11.6 Å². The van der Waals surface area contributed by atoms with E-state index < -0.39 is 36.5 Å². The SMILES string of the molecule is CC(C)(C)CNc1c(C#N)cnc2c(Cl)cc(NC(c3cn(C4(C(F)F)CC4)nn3)c3cccc4c(=O)n(CC(F)F)ccc34)cc12. The number of alkyl halides is 4. The Hall–Kier alpha value is -4.70. The third-order valence-corrected chi connectivity index (χ3v) is 8.57. The fourth-order valence-corrected chi connectivity index (χ4v) is 5.91. The van der Waals surface area contributed by atoms with Gasteiger partial charge in [0.1, 0.15) is 17.3 Å². The van der Waals surface area contributed by atoms with Crippen molar-refractivity contribution < 1.29 is 17.6 Å². The van der Waals surface area contributed by atoms with Crippen molar-refractivity contribution in [1.29, 1.82) is 5.26 Å². The van der Waals surface area contributed by atoms with Crippen LogP contribution in [0.1, 0.15) is 56.5 Å². The van der Waals surface area contributed by atoms with Crippen molar-refractivity contribution in [2.24, 2.45) is 5.41 Å². The van der Waals surface area contributed by atoms with Crippen LogP contribution in [0.15, 0.2) is 59.8 Å². The van der Waals surface area contributed by atoms with Gasteiger partial charge in [-0.15, -0.1) is 5.10 Å². The molecule has 0 bridgehead atoms. The van der Waals surface area contributed by atoms with E-state index in [4.69, 9.17) is 11.6 Å². The predicted molar refractivity (Wildman–Crippen MR) is 172 cm³/mol. The molecule has 9 nitrogen and oxygen atoms in total. The summed E-state index contributed by atoms with van der Waals surface area (Å²) < 4.78 is 56.5. The second kappa shape index (κ2) is 12.2. The van der Waals surface area contributed by atoms with Crippen molar-refractivity contribution in [3.63, 3.8) is 0 Å². The van der Waals surface area contributed by atoms with Gasteiger partial charge in [-0.1, -0.05) is 49.7 Å². The van der Waals surface area contributed by atoms with E-state index in [0.29, 0.717) is 45.3 Å². The van der Waals surface area contributed by atoms with Gasteiger partial charge in [0.15, 0.2) is 0 Å². The van der Waals surface area contributed by atoms with E-state index in [1.165, 1.54) is 23.3 Å². The predicted octanol–water partition coefficient (Wildman–Crippen LogP) is 7.35. The molecule has 47 heavy (non-hydrogen) atoms. The summed E-state index contributed by atoms with van der Waals surface area (Å²) in [6, 6.07) is 11.2. The van der Waals surface area contributed by atoms with Crippen molar-refractivity contribution in [1.82, 2.24) is 24.5 Å². The number of pyridine rings is 2. The number of hydrogen-bond donors (Lipinski definition) is 2. The van der Waals surface area contributed by atoms with E-state index in [1.807, 2.05) is 0 Å². The summed E-state index contributed by atoms with van der Waals surface area (Å²) in [5.74, 6) is 0. The maximum absolute atomic E-state index is 14.0. The number of nitrogens with one attached hydrogen (secondary N) is 2. The highest BCUT2D eigenvalue weighted by molar-refractivity contribution is 6.35. The molecule has 6 rings (SSSR count). The number of rotatable bonds is 10. The Bertz CT molecular complexity index is 2080. The van der Waals surface area contributed by atoms with Crippen molar-refractivity contribution in [2.45, 2.75) is 64.6 Å². The molecule has 1 aliphatic rings. The molecular formula is C33H31ClF4N8O. The standard InChI is InChI=1S/C33H31ClF4N8O/c1-32(2,3)17-41-27-18(13-39)14-40-28-23(27)11-19(12-24(28)34)42-29(25-15-46(44-43-25)33(8-9-33)31(37)38)21-5-4-6-22-20(21)7-10-45(30(22)47)16-26(35)36/h4-7,10-12,14-15,26,29,31,42H,8-9,16-17H2,1-3H3,(H,40,41). The fourth-order valence-electron chi connectivity index (χ4n) is 5.64. The number of benzene rings is 2. The second-order valence-corrected chi connectivity index (χ2v) is 13.4. The summed E-state index contributed by atoms with van der Waals surface area (Å²) in [4.78, 5) is 17.6. The van der Waals surface area contributed by atoms with E-state index >= 15 is 0 Å². The third-order valence-electron chi connectivity index (χ3n) is 8.28. The molecule has 0 saturated heterocycles. The highest BCUT2D eigenvalue weighted by Gasteiger charge is 2.54. The first-order valence-electron chi connectivity index (χ1n) is 15.0. The van der Waals surface area contributed by atoms with Crippen LogP contribution in [0.5, 0.6) is 0 Å². The van der Waals surface area contributed by atoms with Gasteiger partial charge in [0.2, 0.25) is 0 Å². The second-order valence-electron chi connectivity index (χ2n) is 13.0. The Balaban J connectivity index is 1.51. The number of hydrogen-bond acceptors (Lipinski definition) is 7. The number of nitriles is 1. The molecule has 0 spiro atoms. The minimum Gasteiger partial charge on any atom is -0.383 e. The Labute approximate surface area is 272 Å². The van der Waals surface area contributed by atoms with Crippen LogP contribution in [0.4, 0.5) is 28.9 Å². The molecule has 3 aromatic heterocycles. The van der Waals surface area contributed by atoms with Crippen LogP contribution in [0.25, 0.3) is 21.7 Å². The van der Waals surface area contributed by atoms with Gasteiger partial charge in [-0.2, -0.15) is 5.26 Å². The van der Waals surface area contributed by atoms with E-state index in [9.17, 15) is 27.6 Å². The lowest BCUT2D eigenvalue weighted by Crippen LogP contribution is -2.26. The molecular weight excluding hydrogens is 636 g/mol. The first-order valence-corrected chi connectivity index (χ1v) is 15.3. The summed E-state index contributed by atoms with van der Waals surface area (Å²) in [7, 11) is 0.